The van der Waals surface area contributed by atoms with Crippen molar-refractivity contribution in [2.45, 2.75) is 12.3 Å². The van der Waals surface area contributed by atoms with Crippen LogP contribution in [0.1, 0.15) is 28.3 Å². The summed E-state index contributed by atoms with van der Waals surface area (Å²) in [6, 6.07) is 16.3. The normalized spacial score (nSPS) is 16.4. The van der Waals surface area contributed by atoms with E-state index in [1.807, 2.05) is 47.4 Å². The molecule has 1 saturated heterocycles. The molecule has 0 aliphatic carbocycles. The van der Waals surface area contributed by atoms with Gasteiger partial charge in [0.25, 0.3) is 5.91 Å². The molecular formula is C23H19FN4O. The summed E-state index contributed by atoms with van der Waals surface area (Å²) in [7, 11) is 0. The van der Waals surface area contributed by atoms with Crippen molar-refractivity contribution in [3.63, 3.8) is 0 Å². The number of nitrogens with zero attached hydrogens (tertiary/aromatic N) is 3. The van der Waals surface area contributed by atoms with Crippen molar-refractivity contribution in [2.24, 2.45) is 0 Å². The first-order valence-electron chi connectivity index (χ1n) is 9.63. The number of halogens is 1. The molecule has 0 radical (unpaired) electrons. The topological polar surface area (TPSA) is 61.9 Å². The summed E-state index contributed by atoms with van der Waals surface area (Å²) >= 11 is 0. The highest BCUT2D eigenvalue weighted by atomic mass is 19.1. The van der Waals surface area contributed by atoms with Crippen LogP contribution in [0.25, 0.3) is 22.2 Å². The molecule has 1 atom stereocenters. The fourth-order valence-electron chi connectivity index (χ4n) is 4.07. The smallest absolute Gasteiger partial charge is 0.254 e. The van der Waals surface area contributed by atoms with Gasteiger partial charge in [0.2, 0.25) is 0 Å². The van der Waals surface area contributed by atoms with E-state index in [1.165, 1.54) is 6.07 Å². The first-order chi connectivity index (χ1) is 14.2. The number of aromatic nitrogens is 3. The third kappa shape index (κ3) is 3.16. The number of pyridine rings is 1. The summed E-state index contributed by atoms with van der Waals surface area (Å²) in [4.78, 5) is 19.9. The number of carbonyl (C=O) groups is 1. The van der Waals surface area contributed by atoms with Gasteiger partial charge in [-0.1, -0.05) is 36.4 Å². The molecule has 0 bridgehead atoms. The lowest BCUT2D eigenvalue weighted by Crippen LogP contribution is -2.28. The van der Waals surface area contributed by atoms with E-state index in [4.69, 9.17) is 0 Å². The van der Waals surface area contributed by atoms with E-state index in [-0.39, 0.29) is 17.6 Å². The van der Waals surface area contributed by atoms with Gasteiger partial charge in [-0.3, -0.25) is 9.89 Å². The minimum absolute atomic E-state index is 0.0154. The summed E-state index contributed by atoms with van der Waals surface area (Å²) in [5.41, 5.74) is 3.59. The molecular weight excluding hydrogens is 367 g/mol. The number of para-hydroxylation sites is 1. The maximum atomic E-state index is 14.2. The van der Waals surface area contributed by atoms with E-state index in [2.05, 4.69) is 15.2 Å². The first-order valence-corrected chi connectivity index (χ1v) is 9.63. The molecule has 29 heavy (non-hydrogen) atoms. The molecule has 3 heterocycles. The molecule has 1 aliphatic heterocycles. The molecule has 6 heteroatoms. The molecule has 4 aromatic rings. The van der Waals surface area contributed by atoms with Gasteiger partial charge in [0.05, 0.1) is 23.0 Å². The van der Waals surface area contributed by atoms with Gasteiger partial charge in [0, 0.05) is 36.2 Å². The lowest BCUT2D eigenvalue weighted by Gasteiger charge is -2.18. The van der Waals surface area contributed by atoms with Crippen LogP contribution in [0.2, 0.25) is 0 Å². The molecule has 1 N–H and O–H groups in total. The van der Waals surface area contributed by atoms with E-state index < -0.39 is 0 Å². The summed E-state index contributed by atoms with van der Waals surface area (Å²) in [6.07, 6.45) is 4.20. The Labute approximate surface area is 167 Å². The average Bonchev–Trinajstić information content (AvgIpc) is 3.45. The number of hydrogen-bond acceptors (Lipinski definition) is 3. The van der Waals surface area contributed by atoms with Crippen molar-refractivity contribution < 1.29 is 9.18 Å². The molecule has 2 aromatic heterocycles. The molecule has 0 spiro atoms. The number of aromatic amines is 1. The summed E-state index contributed by atoms with van der Waals surface area (Å²) in [5, 5.41) is 7.59. The number of hydrogen-bond donors (Lipinski definition) is 1. The van der Waals surface area contributed by atoms with Crippen LogP contribution in [0.5, 0.6) is 0 Å². The highest BCUT2D eigenvalue weighted by molar-refractivity contribution is 6.07. The van der Waals surface area contributed by atoms with Gasteiger partial charge < -0.3 is 4.90 Å². The second kappa shape index (κ2) is 7.13. The Hall–Kier alpha value is -3.54. The molecule has 0 saturated carbocycles. The monoisotopic (exact) mass is 386 g/mol. The Balaban J connectivity index is 1.51. The maximum Gasteiger partial charge on any atom is 0.254 e. The zero-order valence-electron chi connectivity index (χ0n) is 15.7. The van der Waals surface area contributed by atoms with E-state index in [9.17, 15) is 9.18 Å². The Bertz CT molecular complexity index is 1190. The predicted molar refractivity (Wildman–Crippen MR) is 109 cm³/mol. The van der Waals surface area contributed by atoms with Crippen LogP contribution in [-0.4, -0.2) is 39.1 Å². The number of benzene rings is 2. The minimum Gasteiger partial charge on any atom is -0.338 e. The van der Waals surface area contributed by atoms with Crippen LogP contribution >= 0.6 is 0 Å². The summed E-state index contributed by atoms with van der Waals surface area (Å²) in [5.74, 6) is -0.239. The second-order valence-corrected chi connectivity index (χ2v) is 7.32. The van der Waals surface area contributed by atoms with E-state index in [1.54, 1.807) is 18.5 Å². The van der Waals surface area contributed by atoms with Crippen LogP contribution in [0.4, 0.5) is 4.39 Å². The highest BCUT2D eigenvalue weighted by Gasteiger charge is 2.30. The Morgan fingerprint density at radius 1 is 1.14 bits per heavy atom. The third-order valence-corrected chi connectivity index (χ3v) is 5.56. The number of rotatable bonds is 3. The number of likely N-dealkylation sites (tertiary alicyclic amines) is 1. The first kappa shape index (κ1) is 17.6. The van der Waals surface area contributed by atoms with Crippen molar-refractivity contribution in [3.8, 4) is 11.3 Å². The van der Waals surface area contributed by atoms with Crippen molar-refractivity contribution in [1.29, 1.82) is 0 Å². The van der Waals surface area contributed by atoms with Gasteiger partial charge in [-0.05, 0) is 30.2 Å². The number of fused-ring (bicyclic) bond motifs is 1. The van der Waals surface area contributed by atoms with E-state index in [0.717, 1.165) is 22.9 Å². The number of carbonyl (C=O) groups excluding carboxylic acids is 1. The van der Waals surface area contributed by atoms with Crippen molar-refractivity contribution in [2.75, 3.05) is 13.1 Å². The maximum absolute atomic E-state index is 14.2. The molecule has 1 aliphatic rings. The molecule has 1 unspecified atom stereocenters. The van der Waals surface area contributed by atoms with Crippen LogP contribution in [-0.2, 0) is 0 Å². The molecule has 144 valence electrons. The van der Waals surface area contributed by atoms with Gasteiger partial charge in [-0.25, -0.2) is 9.37 Å². The average molecular weight is 386 g/mol. The van der Waals surface area contributed by atoms with Gasteiger partial charge in [0.15, 0.2) is 0 Å². The third-order valence-electron chi connectivity index (χ3n) is 5.56. The number of H-pyrrole nitrogens is 1. The van der Waals surface area contributed by atoms with Crippen LogP contribution in [0.15, 0.2) is 67.0 Å². The van der Waals surface area contributed by atoms with Crippen molar-refractivity contribution in [3.05, 3.63) is 83.9 Å². The summed E-state index contributed by atoms with van der Waals surface area (Å²) < 4.78 is 14.2. The van der Waals surface area contributed by atoms with Crippen molar-refractivity contribution in [1.82, 2.24) is 20.1 Å². The van der Waals surface area contributed by atoms with Crippen LogP contribution < -0.4 is 0 Å². The van der Waals surface area contributed by atoms with Gasteiger partial charge in [-0.15, -0.1) is 0 Å². The number of amides is 1. The molecule has 1 amide bonds. The molecule has 1 fully saturated rings. The van der Waals surface area contributed by atoms with Gasteiger partial charge in [-0.2, -0.15) is 5.10 Å². The fraction of sp³-hybridized carbons (Fsp3) is 0.174. The van der Waals surface area contributed by atoms with Crippen molar-refractivity contribution >= 4 is 16.8 Å². The lowest BCUT2D eigenvalue weighted by molar-refractivity contribution is 0.0792. The van der Waals surface area contributed by atoms with E-state index >= 15 is 0 Å². The Morgan fingerprint density at radius 2 is 1.97 bits per heavy atom. The molecule has 2 aromatic carbocycles. The molecule has 5 nitrogen and oxygen atoms in total. The lowest BCUT2D eigenvalue weighted by atomic mass is 9.98. The molecule has 5 rings (SSSR count). The second-order valence-electron chi connectivity index (χ2n) is 7.32. The highest BCUT2D eigenvalue weighted by Crippen LogP contribution is 2.31. The standard InChI is InChI=1S/C23H19FN4O/c24-20-7-3-1-5-17(20)15-9-10-28(14-15)23(29)19-11-22(16-12-25-26-13-16)27-21-8-4-2-6-18(19)21/h1-8,11-13,15H,9-10,14H2,(H,25,26). The summed E-state index contributed by atoms with van der Waals surface area (Å²) in [6.45, 7) is 1.12. The largest absolute Gasteiger partial charge is 0.338 e. The Kier molecular flexibility index (Phi) is 4.31. The predicted octanol–water partition coefficient (Wildman–Crippen LogP) is 4.39. The zero-order valence-corrected chi connectivity index (χ0v) is 15.7. The Morgan fingerprint density at radius 3 is 2.79 bits per heavy atom. The number of nitrogens with one attached hydrogen (secondary N) is 1. The van der Waals surface area contributed by atoms with Crippen LogP contribution in [0, 0.1) is 5.82 Å². The SMILES string of the molecule is O=C(c1cc(-c2cn[nH]c2)nc2ccccc12)N1CCC(c2ccccc2F)C1. The van der Waals surface area contributed by atoms with Gasteiger partial charge >= 0.3 is 0 Å². The van der Waals surface area contributed by atoms with E-state index in [0.29, 0.717) is 29.9 Å². The van der Waals surface area contributed by atoms with Crippen LogP contribution in [0.3, 0.4) is 0 Å². The van der Waals surface area contributed by atoms with Gasteiger partial charge in [0.1, 0.15) is 5.82 Å². The zero-order chi connectivity index (χ0) is 19.8. The quantitative estimate of drug-likeness (QED) is 0.568. The minimum atomic E-state index is -0.205. The fourth-order valence-corrected chi connectivity index (χ4v) is 4.07.